The number of amides is 1. The first-order valence-electron chi connectivity index (χ1n) is 7.03. The molecule has 2 aromatic heterocycles. The number of rotatable bonds is 3. The Morgan fingerprint density at radius 2 is 2.33 bits per heavy atom. The minimum absolute atomic E-state index is 0.0768. The molecule has 7 nitrogen and oxygen atoms in total. The minimum Gasteiger partial charge on any atom is -0.448 e. The number of likely N-dealkylation sites (tertiary alicyclic amines) is 1. The van der Waals surface area contributed by atoms with Gasteiger partial charge in [-0.1, -0.05) is 6.92 Å². The van der Waals surface area contributed by atoms with E-state index >= 15 is 0 Å². The van der Waals surface area contributed by atoms with Gasteiger partial charge in [0.15, 0.2) is 12.1 Å². The Balaban J connectivity index is 1.87. The summed E-state index contributed by atoms with van der Waals surface area (Å²) in [5.41, 5.74) is 6.72. The van der Waals surface area contributed by atoms with Gasteiger partial charge in [-0.05, 0) is 25.0 Å². The zero-order valence-electron chi connectivity index (χ0n) is 11.8. The van der Waals surface area contributed by atoms with Crippen LogP contribution in [0.25, 0.3) is 0 Å². The first kappa shape index (κ1) is 13.5. The molecule has 1 aliphatic heterocycles. The molecule has 7 heteroatoms. The summed E-state index contributed by atoms with van der Waals surface area (Å²) in [4.78, 5) is 18.5. The van der Waals surface area contributed by atoms with Gasteiger partial charge in [0.2, 0.25) is 0 Å². The van der Waals surface area contributed by atoms with Gasteiger partial charge in [-0.15, -0.1) is 5.10 Å². The summed E-state index contributed by atoms with van der Waals surface area (Å²) in [6.45, 7) is 2.62. The number of aryl methyl sites for hydroxylation is 1. The summed E-state index contributed by atoms with van der Waals surface area (Å²) in [7, 11) is 0. The average molecular weight is 287 g/mol. The van der Waals surface area contributed by atoms with Crippen LogP contribution in [0, 0.1) is 0 Å². The van der Waals surface area contributed by atoms with Crippen molar-refractivity contribution in [2.24, 2.45) is 0 Å². The maximum atomic E-state index is 12.7. The number of carbonyl (C=O) groups is 1. The molecular weight excluding hydrogens is 270 g/mol. The van der Waals surface area contributed by atoms with Crippen molar-refractivity contribution in [1.82, 2.24) is 20.1 Å². The van der Waals surface area contributed by atoms with Crippen LogP contribution < -0.4 is 5.73 Å². The summed E-state index contributed by atoms with van der Waals surface area (Å²) in [5.74, 6) is 0.884. The molecule has 0 spiro atoms. The van der Waals surface area contributed by atoms with Crippen LogP contribution in [0.5, 0.6) is 0 Å². The van der Waals surface area contributed by atoms with Gasteiger partial charge in [-0.3, -0.25) is 4.79 Å². The molecule has 2 aromatic rings. The number of nitrogens with two attached hydrogens (primary N) is 1. The molecule has 21 heavy (non-hydrogen) atoms. The van der Waals surface area contributed by atoms with Crippen molar-refractivity contribution in [3.63, 3.8) is 0 Å². The van der Waals surface area contributed by atoms with E-state index in [1.807, 2.05) is 13.0 Å². The number of nitrogens with zero attached hydrogens (tertiary/aromatic N) is 4. The number of oxazole rings is 1. The lowest BCUT2D eigenvalue weighted by molar-refractivity contribution is 0.0725. The van der Waals surface area contributed by atoms with Crippen LogP contribution in [0.1, 0.15) is 47.7 Å². The Labute approximate surface area is 122 Å². The Morgan fingerprint density at radius 3 is 3.05 bits per heavy atom. The van der Waals surface area contributed by atoms with Crippen molar-refractivity contribution in [3.8, 4) is 0 Å². The van der Waals surface area contributed by atoms with Crippen LogP contribution in [-0.4, -0.2) is 32.5 Å². The lowest BCUT2D eigenvalue weighted by Crippen LogP contribution is -2.32. The number of hydrogen-bond donors (Lipinski definition) is 1. The fraction of sp³-hybridized carbons (Fsp3) is 0.429. The van der Waals surface area contributed by atoms with Crippen LogP contribution in [0.15, 0.2) is 22.9 Å². The molecule has 0 aliphatic carbocycles. The summed E-state index contributed by atoms with van der Waals surface area (Å²) in [6, 6.07) is 3.45. The van der Waals surface area contributed by atoms with Crippen LogP contribution >= 0.6 is 0 Å². The van der Waals surface area contributed by atoms with Crippen LogP contribution in [0.2, 0.25) is 0 Å². The molecule has 1 unspecified atom stereocenters. The van der Waals surface area contributed by atoms with E-state index in [2.05, 4.69) is 15.2 Å². The third-order valence-electron chi connectivity index (χ3n) is 3.73. The average Bonchev–Trinajstić information content (AvgIpc) is 3.16. The van der Waals surface area contributed by atoms with Gasteiger partial charge in [0.25, 0.3) is 5.91 Å². The van der Waals surface area contributed by atoms with E-state index in [0.717, 1.165) is 18.5 Å². The molecule has 1 saturated heterocycles. The van der Waals surface area contributed by atoms with Crippen molar-refractivity contribution < 1.29 is 9.21 Å². The first-order valence-corrected chi connectivity index (χ1v) is 7.03. The normalized spacial score (nSPS) is 18.1. The van der Waals surface area contributed by atoms with Crippen molar-refractivity contribution in [1.29, 1.82) is 0 Å². The molecular formula is C14H17N5O2. The van der Waals surface area contributed by atoms with Gasteiger partial charge in [-0.2, -0.15) is 5.10 Å². The van der Waals surface area contributed by atoms with Crippen molar-refractivity contribution >= 4 is 11.7 Å². The lowest BCUT2D eigenvalue weighted by Gasteiger charge is -2.23. The molecule has 1 fully saturated rings. The van der Waals surface area contributed by atoms with E-state index < -0.39 is 0 Å². The van der Waals surface area contributed by atoms with Crippen LogP contribution in [-0.2, 0) is 6.42 Å². The van der Waals surface area contributed by atoms with Crippen LogP contribution in [0.4, 0.5) is 5.82 Å². The standard InChI is InChI=1S/C14H17N5O2/c1-2-11-13(16-8-21-11)14(20)19-7-3-4-10(19)9-5-6-12(15)18-17-9/h5-6,8,10H,2-4,7H2,1H3,(H2,15,18). The predicted molar refractivity (Wildman–Crippen MR) is 75.3 cm³/mol. The summed E-state index contributed by atoms with van der Waals surface area (Å²) >= 11 is 0. The Hall–Kier alpha value is -2.44. The van der Waals surface area contributed by atoms with Gasteiger partial charge >= 0.3 is 0 Å². The molecule has 0 bridgehead atoms. The van der Waals surface area contributed by atoms with E-state index in [-0.39, 0.29) is 11.9 Å². The van der Waals surface area contributed by atoms with E-state index in [4.69, 9.17) is 10.2 Å². The van der Waals surface area contributed by atoms with Crippen molar-refractivity contribution in [2.75, 3.05) is 12.3 Å². The van der Waals surface area contributed by atoms with E-state index in [9.17, 15) is 4.79 Å². The highest BCUT2D eigenvalue weighted by Crippen LogP contribution is 2.32. The lowest BCUT2D eigenvalue weighted by atomic mass is 10.1. The second-order valence-electron chi connectivity index (χ2n) is 5.02. The van der Waals surface area contributed by atoms with Crippen molar-refractivity contribution in [3.05, 3.63) is 35.7 Å². The molecule has 2 N–H and O–H groups in total. The largest absolute Gasteiger partial charge is 0.448 e. The maximum absolute atomic E-state index is 12.7. The Bertz CT molecular complexity index is 637. The highest BCUT2D eigenvalue weighted by Gasteiger charge is 2.33. The molecule has 0 radical (unpaired) electrons. The Kier molecular flexibility index (Phi) is 3.55. The summed E-state index contributed by atoms with van der Waals surface area (Å²) < 4.78 is 5.25. The number of carbonyl (C=O) groups excluding carboxylic acids is 1. The zero-order chi connectivity index (χ0) is 14.8. The topological polar surface area (TPSA) is 98.1 Å². The number of nitrogen functional groups attached to an aromatic ring is 1. The predicted octanol–water partition coefficient (Wildman–Crippen LogP) is 1.59. The van der Waals surface area contributed by atoms with Gasteiger partial charge in [0.05, 0.1) is 11.7 Å². The minimum atomic E-state index is -0.110. The molecule has 1 amide bonds. The second kappa shape index (κ2) is 5.51. The SMILES string of the molecule is CCc1ocnc1C(=O)N1CCCC1c1ccc(N)nn1. The quantitative estimate of drug-likeness (QED) is 0.920. The summed E-state index contributed by atoms with van der Waals surface area (Å²) in [5, 5.41) is 7.97. The maximum Gasteiger partial charge on any atom is 0.276 e. The highest BCUT2D eigenvalue weighted by atomic mass is 16.3. The summed E-state index contributed by atoms with van der Waals surface area (Å²) in [6.07, 6.45) is 3.76. The Morgan fingerprint density at radius 1 is 1.48 bits per heavy atom. The molecule has 1 aliphatic rings. The fourth-order valence-corrected chi connectivity index (χ4v) is 2.68. The number of hydrogen-bond acceptors (Lipinski definition) is 6. The van der Waals surface area contributed by atoms with Crippen molar-refractivity contribution in [2.45, 2.75) is 32.2 Å². The van der Waals surface area contributed by atoms with E-state index in [1.54, 1.807) is 11.0 Å². The zero-order valence-corrected chi connectivity index (χ0v) is 11.8. The molecule has 3 rings (SSSR count). The molecule has 110 valence electrons. The van der Waals surface area contributed by atoms with E-state index in [0.29, 0.717) is 30.2 Å². The third-order valence-corrected chi connectivity index (χ3v) is 3.73. The molecule has 3 heterocycles. The van der Waals surface area contributed by atoms with Crippen LogP contribution in [0.3, 0.4) is 0 Å². The molecule has 1 atom stereocenters. The fourth-order valence-electron chi connectivity index (χ4n) is 2.68. The number of anilines is 1. The first-order chi connectivity index (χ1) is 10.2. The van der Waals surface area contributed by atoms with Gasteiger partial charge in [-0.25, -0.2) is 4.98 Å². The van der Waals surface area contributed by atoms with Gasteiger partial charge in [0.1, 0.15) is 11.6 Å². The van der Waals surface area contributed by atoms with Gasteiger partial charge in [0, 0.05) is 13.0 Å². The second-order valence-corrected chi connectivity index (χ2v) is 5.02. The smallest absolute Gasteiger partial charge is 0.276 e. The highest BCUT2D eigenvalue weighted by molar-refractivity contribution is 5.93. The number of aromatic nitrogens is 3. The van der Waals surface area contributed by atoms with Gasteiger partial charge < -0.3 is 15.1 Å². The van der Waals surface area contributed by atoms with E-state index in [1.165, 1.54) is 6.39 Å². The molecule has 0 aromatic carbocycles. The third kappa shape index (κ3) is 2.46. The molecule has 0 saturated carbocycles. The monoisotopic (exact) mass is 287 g/mol.